The number of aliphatic imine (C=N–C) groups is 1. The molecule has 0 bridgehead atoms. The molecule has 6 nitrogen and oxygen atoms in total. The molecular formula is C13H25N3O3. The predicted molar refractivity (Wildman–Crippen MR) is 74.9 cm³/mol. The van der Waals surface area contributed by atoms with E-state index < -0.39 is 31.4 Å². The third kappa shape index (κ3) is 10.1. The molecule has 0 aromatic carbocycles. The van der Waals surface area contributed by atoms with E-state index in [1.807, 2.05) is 0 Å². The number of guanidine groups is 1. The summed E-state index contributed by atoms with van der Waals surface area (Å²) in [5, 5.41) is 8.69. The molecule has 0 saturated heterocycles. The highest BCUT2D eigenvalue weighted by Crippen LogP contribution is 2.07. The lowest BCUT2D eigenvalue weighted by molar-refractivity contribution is -0.137. The van der Waals surface area contributed by atoms with Gasteiger partial charge in [0, 0.05) is 17.5 Å². The van der Waals surface area contributed by atoms with Gasteiger partial charge in [-0.05, 0) is 6.42 Å². The van der Waals surface area contributed by atoms with Gasteiger partial charge in [-0.1, -0.05) is 39.0 Å². The van der Waals surface area contributed by atoms with E-state index in [9.17, 15) is 9.59 Å². The molecule has 0 rings (SSSR count). The van der Waals surface area contributed by atoms with Crippen LogP contribution in [0.25, 0.3) is 0 Å². The first-order valence-corrected chi connectivity index (χ1v) is 6.55. The highest BCUT2D eigenvalue weighted by Gasteiger charge is 2.08. The Bertz CT molecular complexity index is 398. The number of aliphatic carboxylic acids is 1. The van der Waals surface area contributed by atoms with Crippen molar-refractivity contribution >= 4 is 17.8 Å². The van der Waals surface area contributed by atoms with E-state index >= 15 is 0 Å². The van der Waals surface area contributed by atoms with Gasteiger partial charge in [0.05, 0.1) is 0 Å². The molecule has 0 aliphatic carbocycles. The molecule has 19 heavy (non-hydrogen) atoms. The summed E-state index contributed by atoms with van der Waals surface area (Å²) in [5.41, 5.74) is 5.46. The quantitative estimate of drug-likeness (QED) is 0.378. The van der Waals surface area contributed by atoms with E-state index in [1.54, 1.807) is 0 Å². The summed E-state index contributed by atoms with van der Waals surface area (Å²) in [6.45, 7) is -1.47. The number of nitrogens with zero attached hydrogens (tertiary/aromatic N) is 2. The molecule has 0 unspecified atom stereocenters. The van der Waals surface area contributed by atoms with Crippen molar-refractivity contribution in [1.82, 2.24) is 4.90 Å². The maximum Gasteiger partial charge on any atom is 0.323 e. The van der Waals surface area contributed by atoms with Crippen molar-refractivity contribution in [1.29, 1.82) is 0 Å². The van der Waals surface area contributed by atoms with Crippen LogP contribution in [0, 0.1) is 0 Å². The van der Waals surface area contributed by atoms with Gasteiger partial charge in [0.1, 0.15) is 6.54 Å². The van der Waals surface area contributed by atoms with Crippen LogP contribution in [-0.2, 0) is 9.59 Å². The van der Waals surface area contributed by atoms with Gasteiger partial charge in [-0.2, -0.15) is 4.99 Å². The topological polar surface area (TPSA) is 96.0 Å². The van der Waals surface area contributed by atoms with Gasteiger partial charge >= 0.3 is 5.97 Å². The first-order chi connectivity index (χ1) is 10.2. The number of carboxylic acids is 1. The van der Waals surface area contributed by atoms with E-state index in [4.69, 9.17) is 15.0 Å². The summed E-state index contributed by atoms with van der Waals surface area (Å²) in [4.78, 5) is 26.2. The lowest BCUT2D eigenvalue weighted by atomic mass is 10.1. The molecule has 0 saturated carbocycles. The number of rotatable bonds is 9. The maximum absolute atomic E-state index is 11.6. The number of hydrogen-bond donors (Lipinski definition) is 2. The number of nitrogens with two attached hydrogens (primary N) is 1. The van der Waals surface area contributed by atoms with Crippen LogP contribution in [0.1, 0.15) is 56.0 Å². The highest BCUT2D eigenvalue weighted by atomic mass is 16.4. The van der Waals surface area contributed by atoms with Crippen molar-refractivity contribution in [3.63, 3.8) is 0 Å². The summed E-state index contributed by atoms with van der Waals surface area (Å²) < 4.78 is 21.6. The van der Waals surface area contributed by atoms with Crippen LogP contribution in [-0.4, -0.2) is 41.4 Å². The zero-order chi connectivity index (χ0) is 17.2. The van der Waals surface area contributed by atoms with Crippen molar-refractivity contribution in [3.8, 4) is 0 Å². The smallest absolute Gasteiger partial charge is 0.323 e. The van der Waals surface area contributed by atoms with Crippen molar-refractivity contribution < 1.29 is 18.8 Å². The number of carbonyl (C=O) groups excluding carboxylic acids is 1. The normalized spacial score (nSPS) is 14.4. The molecule has 0 spiro atoms. The molecule has 0 aliphatic heterocycles. The average molecular weight is 274 g/mol. The van der Waals surface area contributed by atoms with Crippen LogP contribution in [0.15, 0.2) is 4.99 Å². The summed E-state index contributed by atoms with van der Waals surface area (Å²) in [7, 11) is 0. The van der Waals surface area contributed by atoms with Crippen LogP contribution in [0.5, 0.6) is 0 Å². The second-order valence-corrected chi connectivity index (χ2v) is 4.36. The van der Waals surface area contributed by atoms with Crippen LogP contribution in [0.4, 0.5) is 0 Å². The van der Waals surface area contributed by atoms with Gasteiger partial charge in [-0.25, -0.2) is 0 Å². The molecule has 110 valence electrons. The SMILES string of the molecule is [2H]C([2H])([2H])N(CC(=O)O)C(N)=NC(=O)CCCCCCCC. The minimum Gasteiger partial charge on any atom is -0.480 e. The number of carbonyl (C=O) groups is 2. The molecule has 0 aromatic heterocycles. The highest BCUT2D eigenvalue weighted by molar-refractivity contribution is 5.93. The van der Waals surface area contributed by atoms with Gasteiger partial charge in [-0.3, -0.25) is 9.59 Å². The summed E-state index contributed by atoms with van der Waals surface area (Å²) >= 11 is 0. The van der Waals surface area contributed by atoms with E-state index in [2.05, 4.69) is 11.9 Å². The van der Waals surface area contributed by atoms with E-state index in [0.717, 1.165) is 25.7 Å². The first kappa shape index (κ1) is 12.4. The standard InChI is InChI=1S/C13H25N3O3/c1-3-4-5-6-7-8-9-11(17)15-13(14)16(2)10-12(18)19/h3-10H2,1-2H3,(H,18,19)(H2,14,15,17)/i2D3. The first-order valence-electron chi connectivity index (χ1n) is 8.05. The number of amides is 1. The Labute approximate surface area is 118 Å². The Morgan fingerprint density at radius 3 is 2.47 bits per heavy atom. The lowest BCUT2D eigenvalue weighted by Gasteiger charge is -2.14. The second kappa shape index (κ2) is 10.3. The van der Waals surface area contributed by atoms with Crippen molar-refractivity contribution in [2.24, 2.45) is 10.7 Å². The Hall–Kier alpha value is -1.59. The fraction of sp³-hybridized carbons (Fsp3) is 0.769. The van der Waals surface area contributed by atoms with Gasteiger partial charge in [0.15, 0.2) is 5.96 Å². The zero-order valence-electron chi connectivity index (χ0n) is 14.4. The largest absolute Gasteiger partial charge is 0.480 e. The van der Waals surface area contributed by atoms with Crippen molar-refractivity contribution in [2.45, 2.75) is 51.9 Å². The Kier molecular flexibility index (Phi) is 6.77. The Morgan fingerprint density at radius 1 is 1.26 bits per heavy atom. The van der Waals surface area contributed by atoms with Crippen LogP contribution in [0.2, 0.25) is 0 Å². The molecule has 0 radical (unpaired) electrons. The fourth-order valence-corrected chi connectivity index (χ4v) is 1.52. The minimum atomic E-state index is -2.76. The molecule has 0 atom stereocenters. The molecule has 1 amide bonds. The molecule has 6 heteroatoms. The van der Waals surface area contributed by atoms with E-state index in [1.165, 1.54) is 6.42 Å². The number of carboxylic acid groups (broad SMARTS) is 1. The summed E-state index contributed by atoms with van der Waals surface area (Å²) in [5.74, 6) is -2.48. The fourth-order valence-electron chi connectivity index (χ4n) is 1.52. The van der Waals surface area contributed by atoms with Crippen LogP contribution < -0.4 is 5.73 Å². The predicted octanol–water partition coefficient (Wildman–Crippen LogP) is 1.59. The Balaban J connectivity index is 4.40. The molecule has 0 aromatic rings. The Morgan fingerprint density at radius 2 is 1.89 bits per heavy atom. The second-order valence-electron chi connectivity index (χ2n) is 4.36. The number of likely N-dealkylation sites (N-methyl/N-ethyl adjacent to an activating group) is 1. The van der Waals surface area contributed by atoms with E-state index in [0.29, 0.717) is 11.3 Å². The van der Waals surface area contributed by atoms with Crippen molar-refractivity contribution in [3.05, 3.63) is 0 Å². The molecule has 0 aliphatic rings. The van der Waals surface area contributed by atoms with Crippen LogP contribution in [0.3, 0.4) is 0 Å². The van der Waals surface area contributed by atoms with Gasteiger partial charge < -0.3 is 15.7 Å². The zero-order valence-corrected chi connectivity index (χ0v) is 11.4. The molecular weight excluding hydrogens is 246 g/mol. The molecule has 3 N–H and O–H groups in total. The number of hydrogen-bond acceptors (Lipinski definition) is 2. The molecule has 0 heterocycles. The van der Waals surface area contributed by atoms with E-state index in [-0.39, 0.29) is 6.42 Å². The average Bonchev–Trinajstić information content (AvgIpc) is 2.38. The summed E-state index contributed by atoms with van der Waals surface area (Å²) in [6.07, 6.45) is 6.22. The van der Waals surface area contributed by atoms with Crippen molar-refractivity contribution in [2.75, 3.05) is 13.5 Å². The maximum atomic E-state index is 11.6. The lowest BCUT2D eigenvalue weighted by Crippen LogP contribution is -2.38. The molecule has 0 fully saturated rings. The van der Waals surface area contributed by atoms with Gasteiger partial charge in [0.25, 0.3) is 0 Å². The van der Waals surface area contributed by atoms with Crippen LogP contribution >= 0.6 is 0 Å². The van der Waals surface area contributed by atoms with Gasteiger partial charge in [0.2, 0.25) is 5.91 Å². The third-order valence-corrected chi connectivity index (χ3v) is 2.55. The number of unbranched alkanes of at least 4 members (excludes halogenated alkanes) is 5. The summed E-state index contributed by atoms with van der Waals surface area (Å²) in [6, 6.07) is 0. The minimum absolute atomic E-state index is 0.175. The third-order valence-electron chi connectivity index (χ3n) is 2.55. The van der Waals surface area contributed by atoms with Gasteiger partial charge in [-0.15, -0.1) is 0 Å². The monoisotopic (exact) mass is 274 g/mol.